The molecule has 0 unspecified atom stereocenters. The quantitative estimate of drug-likeness (QED) is 0.780. The molecule has 88 valence electrons. The number of benzene rings is 1. The number of esters is 1. The van der Waals surface area contributed by atoms with E-state index in [2.05, 4.69) is 14.8 Å². The van der Waals surface area contributed by atoms with Crippen LogP contribution in [0.4, 0.5) is 0 Å². The maximum atomic E-state index is 11.1. The van der Waals surface area contributed by atoms with Gasteiger partial charge in [-0.1, -0.05) is 23.7 Å². The summed E-state index contributed by atoms with van der Waals surface area (Å²) in [6, 6.07) is 7.38. The number of rotatable bonds is 3. The normalized spacial score (nSPS) is 10.2. The molecule has 2 rings (SSSR count). The number of carbonyl (C=O) groups excluding carboxylic acids is 1. The van der Waals surface area contributed by atoms with E-state index in [0.717, 1.165) is 5.56 Å². The molecule has 2 aromatic rings. The third-order valence-electron chi connectivity index (χ3n) is 2.16. The minimum Gasteiger partial charge on any atom is -0.463 e. The van der Waals surface area contributed by atoms with Crippen LogP contribution < -0.4 is 0 Å². The number of ether oxygens (including phenoxy) is 1. The van der Waals surface area contributed by atoms with E-state index < -0.39 is 5.97 Å². The Morgan fingerprint density at radius 2 is 2.12 bits per heavy atom. The van der Waals surface area contributed by atoms with Crippen molar-refractivity contribution >= 4 is 17.6 Å². The Kier molecular flexibility index (Phi) is 3.39. The van der Waals surface area contributed by atoms with E-state index in [-0.39, 0.29) is 5.82 Å². The molecule has 17 heavy (non-hydrogen) atoms. The lowest BCUT2D eigenvalue weighted by molar-refractivity contribution is 0.0586. The molecule has 0 aliphatic heterocycles. The first-order chi connectivity index (χ1) is 8.19. The predicted molar refractivity (Wildman–Crippen MR) is 61.9 cm³/mol. The lowest BCUT2D eigenvalue weighted by Crippen LogP contribution is -2.06. The van der Waals surface area contributed by atoms with Gasteiger partial charge in [0.05, 0.1) is 13.7 Å². The average molecular weight is 252 g/mol. The van der Waals surface area contributed by atoms with Gasteiger partial charge in [0.15, 0.2) is 0 Å². The van der Waals surface area contributed by atoms with Crippen LogP contribution >= 0.6 is 11.6 Å². The third-order valence-corrected chi connectivity index (χ3v) is 2.41. The number of nitrogens with zero attached hydrogens (tertiary/aromatic N) is 3. The highest BCUT2D eigenvalue weighted by Crippen LogP contribution is 2.10. The van der Waals surface area contributed by atoms with Crippen LogP contribution in [0.25, 0.3) is 0 Å². The first-order valence-electron chi connectivity index (χ1n) is 4.91. The van der Waals surface area contributed by atoms with Crippen molar-refractivity contribution < 1.29 is 9.53 Å². The number of hydrogen-bond donors (Lipinski definition) is 0. The Labute approximate surface area is 103 Å². The zero-order chi connectivity index (χ0) is 12.3. The zero-order valence-electron chi connectivity index (χ0n) is 9.13. The van der Waals surface area contributed by atoms with Crippen LogP contribution in [0, 0.1) is 0 Å². The maximum Gasteiger partial charge on any atom is 0.377 e. The van der Waals surface area contributed by atoms with Gasteiger partial charge < -0.3 is 4.74 Å². The van der Waals surface area contributed by atoms with Crippen LogP contribution in [0.15, 0.2) is 30.6 Å². The second-order valence-electron chi connectivity index (χ2n) is 3.38. The highest BCUT2D eigenvalue weighted by atomic mass is 35.5. The second kappa shape index (κ2) is 4.97. The van der Waals surface area contributed by atoms with Crippen molar-refractivity contribution in [3.63, 3.8) is 0 Å². The molecule has 0 atom stereocenters. The number of halogens is 1. The van der Waals surface area contributed by atoms with E-state index in [1.807, 2.05) is 12.1 Å². The minimum atomic E-state index is -0.542. The molecule has 0 spiro atoms. The van der Waals surface area contributed by atoms with Gasteiger partial charge in [-0.2, -0.15) is 0 Å². The zero-order valence-corrected chi connectivity index (χ0v) is 9.89. The van der Waals surface area contributed by atoms with E-state index in [1.54, 1.807) is 16.8 Å². The summed E-state index contributed by atoms with van der Waals surface area (Å²) >= 11 is 5.78. The Hall–Kier alpha value is -1.88. The Morgan fingerprint density at radius 3 is 2.76 bits per heavy atom. The fraction of sp³-hybridized carbons (Fsp3) is 0.182. The van der Waals surface area contributed by atoms with E-state index in [1.165, 1.54) is 13.4 Å². The van der Waals surface area contributed by atoms with Gasteiger partial charge in [-0.15, -0.1) is 5.10 Å². The molecule has 0 N–H and O–H groups in total. The highest BCUT2D eigenvalue weighted by molar-refractivity contribution is 6.30. The van der Waals surface area contributed by atoms with Gasteiger partial charge in [-0.05, 0) is 17.7 Å². The molecule has 1 aromatic carbocycles. The molecule has 0 saturated heterocycles. The van der Waals surface area contributed by atoms with Crippen molar-refractivity contribution in [3.8, 4) is 0 Å². The molecule has 1 aromatic heterocycles. The van der Waals surface area contributed by atoms with Crippen LogP contribution in [-0.2, 0) is 11.3 Å². The molecular weight excluding hydrogens is 242 g/mol. The minimum absolute atomic E-state index is 0.0569. The van der Waals surface area contributed by atoms with Crippen molar-refractivity contribution in [3.05, 3.63) is 47.0 Å². The summed E-state index contributed by atoms with van der Waals surface area (Å²) in [4.78, 5) is 15.0. The number of hydrogen-bond acceptors (Lipinski definition) is 4. The molecule has 0 bridgehead atoms. The van der Waals surface area contributed by atoms with Gasteiger partial charge >= 0.3 is 5.97 Å². The maximum absolute atomic E-state index is 11.1. The molecule has 0 radical (unpaired) electrons. The molecule has 6 heteroatoms. The Morgan fingerprint density at radius 1 is 1.41 bits per heavy atom. The van der Waals surface area contributed by atoms with Crippen LogP contribution in [-0.4, -0.2) is 27.8 Å². The molecule has 0 fully saturated rings. The van der Waals surface area contributed by atoms with Gasteiger partial charge in [-0.25, -0.2) is 14.5 Å². The molecule has 1 heterocycles. The summed E-state index contributed by atoms with van der Waals surface area (Å²) in [5.41, 5.74) is 1.02. The van der Waals surface area contributed by atoms with E-state index in [4.69, 9.17) is 11.6 Å². The fourth-order valence-corrected chi connectivity index (χ4v) is 1.46. The average Bonchev–Trinajstić information content (AvgIpc) is 2.80. The Balaban J connectivity index is 2.11. The van der Waals surface area contributed by atoms with Crippen molar-refractivity contribution in [2.24, 2.45) is 0 Å². The van der Waals surface area contributed by atoms with Crippen molar-refractivity contribution in [2.75, 3.05) is 7.11 Å². The standard InChI is InChI=1S/C11H10ClN3O2/c1-17-11(16)10-13-7-15(14-10)6-8-2-4-9(12)5-3-8/h2-5,7H,6H2,1H3. The van der Waals surface area contributed by atoms with Crippen molar-refractivity contribution in [2.45, 2.75) is 6.54 Å². The van der Waals surface area contributed by atoms with Crippen LogP contribution in [0.5, 0.6) is 0 Å². The second-order valence-corrected chi connectivity index (χ2v) is 3.82. The predicted octanol–water partition coefficient (Wildman–Crippen LogP) is 1.77. The Bertz CT molecular complexity index is 522. The van der Waals surface area contributed by atoms with E-state index in [0.29, 0.717) is 11.6 Å². The molecule has 5 nitrogen and oxygen atoms in total. The van der Waals surface area contributed by atoms with E-state index in [9.17, 15) is 4.79 Å². The van der Waals surface area contributed by atoms with Crippen molar-refractivity contribution in [1.82, 2.24) is 14.8 Å². The summed E-state index contributed by atoms with van der Waals surface area (Å²) in [5, 5.41) is 4.68. The number of carbonyl (C=O) groups is 1. The largest absolute Gasteiger partial charge is 0.463 e. The first kappa shape index (κ1) is 11.6. The van der Waals surface area contributed by atoms with Gasteiger partial charge in [-0.3, -0.25) is 0 Å². The molecule has 0 aliphatic carbocycles. The fourth-order valence-electron chi connectivity index (χ4n) is 1.33. The number of methoxy groups -OCH3 is 1. The molecule has 0 amide bonds. The summed E-state index contributed by atoms with van der Waals surface area (Å²) in [7, 11) is 1.29. The van der Waals surface area contributed by atoms with Gasteiger partial charge in [0.1, 0.15) is 6.33 Å². The topological polar surface area (TPSA) is 57.0 Å². The van der Waals surface area contributed by atoms with Crippen LogP contribution in [0.3, 0.4) is 0 Å². The smallest absolute Gasteiger partial charge is 0.377 e. The lowest BCUT2D eigenvalue weighted by Gasteiger charge is -2.00. The van der Waals surface area contributed by atoms with Crippen LogP contribution in [0.2, 0.25) is 5.02 Å². The third kappa shape index (κ3) is 2.82. The van der Waals surface area contributed by atoms with Crippen molar-refractivity contribution in [1.29, 1.82) is 0 Å². The van der Waals surface area contributed by atoms with Gasteiger partial charge in [0.25, 0.3) is 5.82 Å². The molecule has 0 aliphatic rings. The molecular formula is C11H10ClN3O2. The SMILES string of the molecule is COC(=O)c1ncn(Cc2ccc(Cl)cc2)n1. The summed E-state index contributed by atoms with van der Waals surface area (Å²) < 4.78 is 6.09. The number of aromatic nitrogens is 3. The van der Waals surface area contributed by atoms with Gasteiger partial charge in [0.2, 0.25) is 0 Å². The van der Waals surface area contributed by atoms with E-state index >= 15 is 0 Å². The highest BCUT2D eigenvalue weighted by Gasteiger charge is 2.10. The van der Waals surface area contributed by atoms with Crippen LogP contribution in [0.1, 0.15) is 16.2 Å². The monoisotopic (exact) mass is 251 g/mol. The molecule has 0 saturated carbocycles. The summed E-state index contributed by atoms with van der Waals surface area (Å²) in [6.45, 7) is 0.529. The summed E-state index contributed by atoms with van der Waals surface area (Å²) in [6.07, 6.45) is 1.49. The van der Waals surface area contributed by atoms with Gasteiger partial charge in [0, 0.05) is 5.02 Å². The lowest BCUT2D eigenvalue weighted by atomic mass is 10.2. The summed E-state index contributed by atoms with van der Waals surface area (Å²) in [5.74, 6) is -0.485. The first-order valence-corrected chi connectivity index (χ1v) is 5.29.